The van der Waals surface area contributed by atoms with E-state index in [4.69, 9.17) is 19.2 Å². The summed E-state index contributed by atoms with van der Waals surface area (Å²) in [6, 6.07) is 4.00. The lowest BCUT2D eigenvalue weighted by molar-refractivity contribution is 0.118. The van der Waals surface area contributed by atoms with E-state index in [1.807, 2.05) is 19.1 Å². The van der Waals surface area contributed by atoms with Gasteiger partial charge in [-0.2, -0.15) is 0 Å². The molecule has 148 valence electrons. The molecule has 3 rings (SSSR count). The zero-order valence-electron chi connectivity index (χ0n) is 16.9. The summed E-state index contributed by atoms with van der Waals surface area (Å²) >= 11 is 0. The van der Waals surface area contributed by atoms with Gasteiger partial charge in [-0.15, -0.1) is 0 Å². The Kier molecular flexibility index (Phi) is 6.52. The van der Waals surface area contributed by atoms with Gasteiger partial charge < -0.3 is 19.2 Å². The molecule has 0 amide bonds. The Labute approximate surface area is 161 Å². The van der Waals surface area contributed by atoms with E-state index in [1.54, 1.807) is 7.11 Å². The van der Waals surface area contributed by atoms with Gasteiger partial charge in [-0.25, -0.2) is 4.98 Å². The van der Waals surface area contributed by atoms with Crippen LogP contribution in [-0.4, -0.2) is 66.3 Å². The average molecular weight is 373 g/mol. The quantitative estimate of drug-likeness (QED) is 0.805. The van der Waals surface area contributed by atoms with Crippen LogP contribution in [0.15, 0.2) is 16.5 Å². The zero-order chi connectivity index (χ0) is 19.4. The fourth-order valence-corrected chi connectivity index (χ4v) is 3.62. The van der Waals surface area contributed by atoms with E-state index in [0.717, 1.165) is 79.6 Å². The minimum absolute atomic E-state index is 0.269. The van der Waals surface area contributed by atoms with Crippen molar-refractivity contribution in [1.82, 2.24) is 14.8 Å². The number of aliphatic hydroxyl groups excluding tert-OH is 1. The molecule has 0 unspecified atom stereocenters. The third-order valence-electron chi connectivity index (χ3n) is 5.55. The predicted molar refractivity (Wildman–Crippen MR) is 106 cm³/mol. The number of aliphatic hydroxyl groups is 1. The lowest BCUT2D eigenvalue weighted by Crippen LogP contribution is -2.46. The molecule has 1 aromatic heterocycles. The number of oxazole rings is 1. The molecule has 0 bridgehead atoms. The van der Waals surface area contributed by atoms with Crippen LogP contribution in [0.4, 0.5) is 0 Å². The van der Waals surface area contributed by atoms with Crippen LogP contribution in [0, 0.1) is 20.8 Å². The molecular weight excluding hydrogens is 342 g/mol. The first-order valence-electron chi connectivity index (χ1n) is 9.70. The Morgan fingerprint density at radius 3 is 2.44 bits per heavy atom. The van der Waals surface area contributed by atoms with E-state index in [-0.39, 0.29) is 6.61 Å². The summed E-state index contributed by atoms with van der Waals surface area (Å²) in [5, 5.41) is 8.97. The van der Waals surface area contributed by atoms with Crippen LogP contribution >= 0.6 is 0 Å². The van der Waals surface area contributed by atoms with Crippen LogP contribution < -0.4 is 4.74 Å². The molecule has 0 radical (unpaired) electrons. The number of hydrogen-bond acceptors (Lipinski definition) is 6. The summed E-state index contributed by atoms with van der Waals surface area (Å²) in [7, 11) is 1.69. The molecule has 1 aromatic carbocycles. The topological polar surface area (TPSA) is 62.0 Å². The first-order chi connectivity index (χ1) is 13.0. The maximum Gasteiger partial charge on any atom is 0.226 e. The van der Waals surface area contributed by atoms with Gasteiger partial charge >= 0.3 is 0 Å². The second-order valence-electron chi connectivity index (χ2n) is 7.28. The summed E-state index contributed by atoms with van der Waals surface area (Å²) in [6.07, 6.45) is 0.854. The van der Waals surface area contributed by atoms with Gasteiger partial charge in [0.15, 0.2) is 0 Å². The highest BCUT2D eigenvalue weighted by Gasteiger charge is 2.21. The Morgan fingerprint density at radius 1 is 1.07 bits per heavy atom. The van der Waals surface area contributed by atoms with Crippen molar-refractivity contribution in [2.45, 2.75) is 33.7 Å². The van der Waals surface area contributed by atoms with Crippen molar-refractivity contribution in [3.63, 3.8) is 0 Å². The first kappa shape index (κ1) is 19.9. The Hall–Kier alpha value is -1.89. The van der Waals surface area contributed by atoms with Gasteiger partial charge in [0.1, 0.15) is 11.5 Å². The maximum absolute atomic E-state index is 8.97. The molecule has 2 heterocycles. The van der Waals surface area contributed by atoms with Crippen molar-refractivity contribution in [1.29, 1.82) is 0 Å². The number of piperazine rings is 1. The third-order valence-corrected chi connectivity index (χ3v) is 5.55. The van der Waals surface area contributed by atoms with E-state index in [2.05, 4.69) is 23.6 Å². The van der Waals surface area contributed by atoms with Crippen molar-refractivity contribution < 1.29 is 14.3 Å². The van der Waals surface area contributed by atoms with Gasteiger partial charge in [0, 0.05) is 51.4 Å². The second kappa shape index (κ2) is 8.87. The molecule has 1 saturated heterocycles. The van der Waals surface area contributed by atoms with Gasteiger partial charge in [-0.1, -0.05) is 0 Å². The summed E-state index contributed by atoms with van der Waals surface area (Å²) in [5.74, 6) is 2.46. The van der Waals surface area contributed by atoms with Crippen molar-refractivity contribution in [3.8, 4) is 17.2 Å². The normalized spacial score (nSPS) is 16.0. The minimum atomic E-state index is 0.269. The van der Waals surface area contributed by atoms with Gasteiger partial charge in [-0.05, 0) is 50.5 Å². The van der Waals surface area contributed by atoms with Crippen LogP contribution in [0.5, 0.6) is 5.75 Å². The van der Waals surface area contributed by atoms with Crippen molar-refractivity contribution in [3.05, 3.63) is 34.7 Å². The number of rotatable bonds is 7. The highest BCUT2D eigenvalue weighted by Crippen LogP contribution is 2.31. The number of hydrogen-bond donors (Lipinski definition) is 1. The number of methoxy groups -OCH3 is 1. The standard InChI is InChI=1S/C21H31N3O3/c1-15-16(2)20(26-4)7-6-18(15)21-22-19(17(3)27-21)14-24-11-9-23(10-12-24)8-5-13-25/h6-7,25H,5,8-14H2,1-4H3. The zero-order valence-corrected chi connectivity index (χ0v) is 16.9. The Bertz CT molecular complexity index is 764. The molecule has 0 atom stereocenters. The Morgan fingerprint density at radius 2 is 1.78 bits per heavy atom. The lowest BCUT2D eigenvalue weighted by Gasteiger charge is -2.34. The van der Waals surface area contributed by atoms with Crippen LogP contribution in [0.25, 0.3) is 11.5 Å². The molecule has 0 spiro atoms. The molecule has 27 heavy (non-hydrogen) atoms. The SMILES string of the molecule is COc1ccc(-c2nc(CN3CCN(CCCO)CC3)c(C)o2)c(C)c1C. The average Bonchev–Trinajstić information content (AvgIpc) is 3.03. The smallest absolute Gasteiger partial charge is 0.226 e. The van der Waals surface area contributed by atoms with Gasteiger partial charge in [0.05, 0.1) is 12.8 Å². The fraction of sp³-hybridized carbons (Fsp3) is 0.571. The molecule has 1 N–H and O–H groups in total. The molecular formula is C21H31N3O3. The fourth-order valence-electron chi connectivity index (χ4n) is 3.62. The predicted octanol–water partition coefficient (Wildman–Crippen LogP) is 2.78. The van der Waals surface area contributed by atoms with E-state index >= 15 is 0 Å². The summed E-state index contributed by atoms with van der Waals surface area (Å²) < 4.78 is 11.4. The highest BCUT2D eigenvalue weighted by atomic mass is 16.5. The van der Waals surface area contributed by atoms with Crippen molar-refractivity contribution >= 4 is 0 Å². The lowest BCUT2D eigenvalue weighted by atomic mass is 10.0. The number of nitrogens with zero attached hydrogens (tertiary/aromatic N) is 3. The molecule has 1 fully saturated rings. The molecule has 1 aliphatic heterocycles. The molecule has 2 aromatic rings. The van der Waals surface area contributed by atoms with Crippen LogP contribution in [-0.2, 0) is 6.54 Å². The van der Waals surface area contributed by atoms with Gasteiger partial charge in [-0.3, -0.25) is 4.90 Å². The molecule has 1 aliphatic rings. The molecule has 0 aliphatic carbocycles. The summed E-state index contributed by atoms with van der Waals surface area (Å²) in [5.41, 5.74) is 4.30. The van der Waals surface area contributed by atoms with Gasteiger partial charge in [0.25, 0.3) is 0 Å². The maximum atomic E-state index is 8.97. The number of benzene rings is 1. The number of ether oxygens (including phenoxy) is 1. The van der Waals surface area contributed by atoms with Crippen LogP contribution in [0.1, 0.15) is 29.0 Å². The van der Waals surface area contributed by atoms with E-state index in [0.29, 0.717) is 5.89 Å². The van der Waals surface area contributed by atoms with E-state index in [9.17, 15) is 0 Å². The summed E-state index contributed by atoms with van der Waals surface area (Å²) in [4.78, 5) is 9.65. The molecule has 6 heteroatoms. The Balaban J connectivity index is 1.68. The van der Waals surface area contributed by atoms with Crippen molar-refractivity contribution in [2.75, 3.05) is 46.4 Å². The van der Waals surface area contributed by atoms with Gasteiger partial charge in [0.2, 0.25) is 5.89 Å². The molecule has 0 saturated carbocycles. The van der Waals surface area contributed by atoms with E-state index < -0.39 is 0 Å². The molecule has 6 nitrogen and oxygen atoms in total. The van der Waals surface area contributed by atoms with E-state index in [1.165, 1.54) is 0 Å². The second-order valence-corrected chi connectivity index (χ2v) is 7.28. The third kappa shape index (κ3) is 4.51. The van der Waals surface area contributed by atoms with Crippen LogP contribution in [0.3, 0.4) is 0 Å². The van der Waals surface area contributed by atoms with Crippen molar-refractivity contribution in [2.24, 2.45) is 0 Å². The number of aromatic nitrogens is 1. The monoisotopic (exact) mass is 373 g/mol. The largest absolute Gasteiger partial charge is 0.496 e. The number of aryl methyl sites for hydroxylation is 1. The summed E-state index contributed by atoms with van der Waals surface area (Å²) in [6.45, 7) is 12.3. The minimum Gasteiger partial charge on any atom is -0.496 e. The first-order valence-corrected chi connectivity index (χ1v) is 9.70. The van der Waals surface area contributed by atoms with Crippen LogP contribution in [0.2, 0.25) is 0 Å². The highest BCUT2D eigenvalue weighted by molar-refractivity contribution is 5.63.